The molecule has 0 fully saturated rings. The van der Waals surface area contributed by atoms with Gasteiger partial charge in [0.05, 0.1) is 0 Å². The Morgan fingerprint density at radius 1 is 1.04 bits per heavy atom. The summed E-state index contributed by atoms with van der Waals surface area (Å²) in [6.07, 6.45) is -0.332. The molecule has 27 heavy (non-hydrogen) atoms. The van der Waals surface area contributed by atoms with Gasteiger partial charge in [0.1, 0.15) is 18.2 Å². The Bertz CT molecular complexity index is 771. The van der Waals surface area contributed by atoms with Crippen LogP contribution in [0.1, 0.15) is 31.9 Å². The van der Waals surface area contributed by atoms with Crippen molar-refractivity contribution in [3.8, 4) is 0 Å². The van der Waals surface area contributed by atoms with Crippen molar-refractivity contribution in [3.63, 3.8) is 0 Å². The van der Waals surface area contributed by atoms with E-state index in [1.807, 2.05) is 54.6 Å². The number of ether oxygens (including phenoxy) is 2. The van der Waals surface area contributed by atoms with Crippen molar-refractivity contribution in [2.24, 2.45) is 0 Å². The number of rotatable bonds is 6. The highest BCUT2D eigenvalue weighted by molar-refractivity contribution is 7.27. The summed E-state index contributed by atoms with van der Waals surface area (Å²) in [5.74, 6) is -0.501. The van der Waals surface area contributed by atoms with Crippen LogP contribution in [0, 0.1) is 0 Å². The highest BCUT2D eigenvalue weighted by atomic mass is 31.0. The van der Waals surface area contributed by atoms with E-state index in [4.69, 9.17) is 9.47 Å². The zero-order valence-electron chi connectivity index (χ0n) is 15.9. The van der Waals surface area contributed by atoms with Gasteiger partial charge in [-0.15, -0.1) is 9.24 Å². The average Bonchev–Trinajstić information content (AvgIpc) is 2.58. The third-order valence-electron chi connectivity index (χ3n) is 3.59. The van der Waals surface area contributed by atoms with E-state index in [-0.39, 0.29) is 6.61 Å². The molecule has 2 unspecified atom stereocenters. The first kappa shape index (κ1) is 20.9. The lowest BCUT2D eigenvalue weighted by Crippen LogP contribution is -2.45. The van der Waals surface area contributed by atoms with Gasteiger partial charge in [-0.2, -0.15) is 0 Å². The first-order chi connectivity index (χ1) is 12.7. The third kappa shape index (κ3) is 7.79. The van der Waals surface area contributed by atoms with E-state index in [0.29, 0.717) is 6.42 Å². The van der Waals surface area contributed by atoms with Crippen molar-refractivity contribution in [1.29, 1.82) is 0 Å². The van der Waals surface area contributed by atoms with Crippen molar-refractivity contribution in [2.45, 2.75) is 45.4 Å². The number of nitrogens with one attached hydrogen (secondary N) is 1. The second kappa shape index (κ2) is 9.52. The van der Waals surface area contributed by atoms with Gasteiger partial charge in [-0.05, 0) is 37.2 Å². The largest absolute Gasteiger partial charge is 0.459 e. The summed E-state index contributed by atoms with van der Waals surface area (Å²) < 4.78 is 10.7. The lowest BCUT2D eigenvalue weighted by molar-refractivity contribution is -0.147. The fourth-order valence-corrected chi connectivity index (χ4v) is 2.75. The smallest absolute Gasteiger partial charge is 0.408 e. The molecular weight excluding hydrogens is 361 g/mol. The zero-order chi connectivity index (χ0) is 19.9. The summed E-state index contributed by atoms with van der Waals surface area (Å²) in [6.45, 7) is 5.46. The van der Waals surface area contributed by atoms with Gasteiger partial charge in [-0.1, -0.05) is 54.6 Å². The molecular formula is C21H26NO4P. The number of alkyl carbamates (subject to hydrolysis) is 1. The molecule has 0 bridgehead atoms. The molecule has 0 saturated heterocycles. The summed E-state index contributed by atoms with van der Waals surface area (Å²) >= 11 is 0. The summed E-state index contributed by atoms with van der Waals surface area (Å²) in [6, 6.07) is 16.3. The minimum Gasteiger partial charge on any atom is -0.459 e. The van der Waals surface area contributed by atoms with Crippen LogP contribution in [0.15, 0.2) is 54.6 Å². The molecule has 0 aliphatic carbocycles. The van der Waals surface area contributed by atoms with Gasteiger partial charge in [-0.25, -0.2) is 9.59 Å². The van der Waals surface area contributed by atoms with Gasteiger partial charge in [0.15, 0.2) is 0 Å². The van der Waals surface area contributed by atoms with Crippen molar-refractivity contribution in [2.75, 3.05) is 0 Å². The number of esters is 1. The lowest BCUT2D eigenvalue weighted by Gasteiger charge is -2.23. The van der Waals surface area contributed by atoms with Gasteiger partial charge in [-0.3, -0.25) is 0 Å². The van der Waals surface area contributed by atoms with Crippen LogP contribution in [-0.4, -0.2) is 23.7 Å². The Labute approximate surface area is 162 Å². The van der Waals surface area contributed by atoms with Crippen molar-refractivity contribution in [1.82, 2.24) is 5.32 Å². The number of carbonyl (C=O) groups is 2. The molecule has 0 heterocycles. The van der Waals surface area contributed by atoms with Crippen LogP contribution >= 0.6 is 9.24 Å². The number of amides is 1. The molecule has 0 aromatic heterocycles. The van der Waals surface area contributed by atoms with Crippen molar-refractivity contribution < 1.29 is 19.1 Å². The maximum atomic E-state index is 12.6. The summed E-state index contributed by atoms with van der Waals surface area (Å²) in [5, 5.41) is 3.64. The van der Waals surface area contributed by atoms with Crippen molar-refractivity contribution in [3.05, 3.63) is 65.7 Å². The molecule has 2 aromatic rings. The quantitative estimate of drug-likeness (QED) is 0.610. The minimum absolute atomic E-state index is 0.149. The van der Waals surface area contributed by atoms with Crippen LogP contribution < -0.4 is 10.6 Å². The number of carbonyl (C=O) groups excluding carboxylic acids is 2. The Kier molecular flexibility index (Phi) is 7.37. The maximum absolute atomic E-state index is 12.6. The van der Waals surface area contributed by atoms with Crippen LogP contribution in [0.3, 0.4) is 0 Å². The molecule has 1 amide bonds. The molecule has 0 radical (unpaired) electrons. The van der Waals surface area contributed by atoms with E-state index in [9.17, 15) is 9.59 Å². The van der Waals surface area contributed by atoms with Crippen LogP contribution in [0.4, 0.5) is 4.79 Å². The molecule has 1 N–H and O–H groups in total. The number of hydrogen-bond acceptors (Lipinski definition) is 4. The van der Waals surface area contributed by atoms with Crippen LogP contribution in [0.2, 0.25) is 0 Å². The third-order valence-corrected chi connectivity index (χ3v) is 3.95. The van der Waals surface area contributed by atoms with Gasteiger partial charge in [0.25, 0.3) is 0 Å². The van der Waals surface area contributed by atoms with E-state index in [0.717, 1.165) is 16.4 Å². The van der Waals surface area contributed by atoms with Gasteiger partial charge in [0, 0.05) is 6.42 Å². The highest BCUT2D eigenvalue weighted by Crippen LogP contribution is 2.10. The van der Waals surface area contributed by atoms with Crippen molar-refractivity contribution >= 4 is 26.6 Å². The number of hydrogen-bond donors (Lipinski definition) is 1. The second-order valence-corrected chi connectivity index (χ2v) is 7.91. The monoisotopic (exact) mass is 387 g/mol. The molecule has 0 aliphatic rings. The minimum atomic E-state index is -0.838. The van der Waals surface area contributed by atoms with Gasteiger partial charge in [0.2, 0.25) is 0 Å². The Morgan fingerprint density at radius 3 is 2.33 bits per heavy atom. The molecule has 5 nitrogen and oxygen atoms in total. The van der Waals surface area contributed by atoms with E-state index >= 15 is 0 Å². The molecule has 2 rings (SSSR count). The SMILES string of the molecule is CC(C)(C)OC(=O)NC(Cc1cccc(P)c1)C(=O)OCc1ccccc1. The zero-order valence-corrected chi connectivity index (χ0v) is 17.1. The molecule has 2 atom stereocenters. The molecule has 144 valence electrons. The van der Waals surface area contributed by atoms with Crippen LogP contribution in [-0.2, 0) is 27.3 Å². The van der Waals surface area contributed by atoms with E-state index < -0.39 is 23.7 Å². The predicted octanol–water partition coefficient (Wildman–Crippen LogP) is 3.37. The standard InChI is InChI=1S/C21H26NO4P/c1-21(2,3)26-20(24)22-18(13-16-10-7-11-17(27)12-16)19(23)25-14-15-8-5-4-6-9-15/h4-12,18H,13-14,27H2,1-3H3,(H,22,24). The Hall–Kier alpha value is -2.39. The average molecular weight is 387 g/mol. The fraction of sp³-hybridized carbons (Fsp3) is 0.333. The molecule has 6 heteroatoms. The summed E-state index contributed by atoms with van der Waals surface area (Å²) in [7, 11) is 2.62. The molecule has 2 aromatic carbocycles. The molecule has 0 saturated carbocycles. The lowest BCUT2D eigenvalue weighted by atomic mass is 10.1. The van der Waals surface area contributed by atoms with Crippen LogP contribution in [0.25, 0.3) is 0 Å². The van der Waals surface area contributed by atoms with E-state index in [2.05, 4.69) is 14.6 Å². The normalized spacial score (nSPS) is 12.1. The van der Waals surface area contributed by atoms with Gasteiger partial charge < -0.3 is 14.8 Å². The topological polar surface area (TPSA) is 64.6 Å². The highest BCUT2D eigenvalue weighted by Gasteiger charge is 2.26. The van der Waals surface area contributed by atoms with E-state index in [1.54, 1.807) is 20.8 Å². The molecule has 0 aliphatic heterocycles. The Morgan fingerprint density at radius 2 is 1.70 bits per heavy atom. The first-order valence-electron chi connectivity index (χ1n) is 8.77. The number of benzene rings is 2. The van der Waals surface area contributed by atoms with Gasteiger partial charge >= 0.3 is 12.1 Å². The predicted molar refractivity (Wildman–Crippen MR) is 109 cm³/mol. The maximum Gasteiger partial charge on any atom is 0.408 e. The second-order valence-electron chi connectivity index (χ2n) is 7.24. The molecule has 0 spiro atoms. The Balaban J connectivity index is 2.07. The summed E-state index contributed by atoms with van der Waals surface area (Å²) in [5.41, 5.74) is 1.15. The first-order valence-corrected chi connectivity index (χ1v) is 9.35. The summed E-state index contributed by atoms with van der Waals surface area (Å²) in [4.78, 5) is 24.8. The van der Waals surface area contributed by atoms with Crippen LogP contribution in [0.5, 0.6) is 0 Å². The fourth-order valence-electron chi connectivity index (χ4n) is 2.43. The van der Waals surface area contributed by atoms with E-state index in [1.165, 1.54) is 0 Å².